The summed E-state index contributed by atoms with van der Waals surface area (Å²) in [6.45, 7) is 1.78. The second kappa shape index (κ2) is 6.56. The summed E-state index contributed by atoms with van der Waals surface area (Å²) in [6.07, 6.45) is 0. The Kier molecular flexibility index (Phi) is 4.45. The van der Waals surface area contributed by atoms with Gasteiger partial charge in [-0.25, -0.2) is 14.7 Å². The molecule has 0 N–H and O–H groups in total. The summed E-state index contributed by atoms with van der Waals surface area (Å²) in [4.78, 5) is 53.7. The van der Waals surface area contributed by atoms with Crippen LogP contribution in [0.3, 0.4) is 0 Å². The number of halogens is 1. The van der Waals surface area contributed by atoms with Crippen LogP contribution in [0, 0.1) is 0 Å². The van der Waals surface area contributed by atoms with Gasteiger partial charge in [0.15, 0.2) is 5.69 Å². The first-order valence-corrected chi connectivity index (χ1v) is 8.10. The second-order valence-electron chi connectivity index (χ2n) is 5.04. The molecule has 8 heteroatoms. The van der Waals surface area contributed by atoms with Crippen LogP contribution in [-0.4, -0.2) is 40.2 Å². The molecule has 0 atom stereocenters. The lowest BCUT2D eigenvalue weighted by Gasteiger charge is -2.12. The second-order valence-corrected chi connectivity index (χ2v) is 5.90. The van der Waals surface area contributed by atoms with E-state index in [1.54, 1.807) is 19.1 Å². The Labute approximate surface area is 150 Å². The molecule has 126 valence electrons. The average molecular weight is 403 g/mol. The number of imide groups is 3. The van der Waals surface area contributed by atoms with Gasteiger partial charge in [0.05, 0.1) is 22.2 Å². The number of benzene rings is 1. The number of hydrogen-bond donors (Lipinski definition) is 0. The maximum absolute atomic E-state index is 12.6. The van der Waals surface area contributed by atoms with E-state index < -0.39 is 23.7 Å². The molecule has 1 aromatic heterocycles. The van der Waals surface area contributed by atoms with Gasteiger partial charge in [-0.05, 0) is 47.1 Å². The lowest BCUT2D eigenvalue weighted by atomic mass is 10.1. The first kappa shape index (κ1) is 17.0. The van der Waals surface area contributed by atoms with Crippen molar-refractivity contribution < 1.29 is 23.9 Å². The van der Waals surface area contributed by atoms with Crippen molar-refractivity contribution in [2.45, 2.75) is 6.92 Å². The van der Waals surface area contributed by atoms with E-state index in [1.165, 1.54) is 24.3 Å². The molecule has 2 aromatic rings. The van der Waals surface area contributed by atoms with Gasteiger partial charge in [0, 0.05) is 0 Å². The SMILES string of the molecule is CCOC(=O)c1nc(C(=O)N2C(=O)c3ccccc3C2=O)ccc1Br. The number of carbonyl (C=O) groups is 4. The van der Waals surface area contributed by atoms with Crippen molar-refractivity contribution >= 4 is 39.6 Å². The fourth-order valence-corrected chi connectivity index (χ4v) is 2.77. The van der Waals surface area contributed by atoms with Crippen molar-refractivity contribution in [3.05, 3.63) is 63.4 Å². The molecule has 0 fully saturated rings. The Morgan fingerprint density at radius 1 is 1.08 bits per heavy atom. The van der Waals surface area contributed by atoms with Crippen molar-refractivity contribution in [3.63, 3.8) is 0 Å². The summed E-state index contributed by atoms with van der Waals surface area (Å²) in [6, 6.07) is 8.91. The third kappa shape index (κ3) is 2.85. The minimum Gasteiger partial charge on any atom is -0.461 e. The molecule has 0 unspecified atom stereocenters. The van der Waals surface area contributed by atoms with Crippen LogP contribution in [0.25, 0.3) is 0 Å². The predicted molar refractivity (Wildman–Crippen MR) is 89.2 cm³/mol. The van der Waals surface area contributed by atoms with E-state index in [-0.39, 0.29) is 29.1 Å². The molecule has 0 spiro atoms. The topological polar surface area (TPSA) is 93.6 Å². The first-order chi connectivity index (χ1) is 12.0. The molecule has 1 aliphatic rings. The Hall–Kier alpha value is -2.87. The minimum atomic E-state index is -0.899. The number of esters is 1. The molecule has 1 aliphatic heterocycles. The van der Waals surface area contributed by atoms with Crippen molar-refractivity contribution in [3.8, 4) is 0 Å². The zero-order chi connectivity index (χ0) is 18.1. The largest absolute Gasteiger partial charge is 0.461 e. The number of rotatable bonds is 3. The van der Waals surface area contributed by atoms with E-state index in [1.807, 2.05) is 0 Å². The van der Waals surface area contributed by atoms with Gasteiger partial charge in [0.2, 0.25) is 0 Å². The molecule has 0 radical (unpaired) electrons. The number of amides is 3. The van der Waals surface area contributed by atoms with Crippen LogP contribution in [0.4, 0.5) is 0 Å². The highest BCUT2D eigenvalue weighted by Crippen LogP contribution is 2.25. The lowest BCUT2D eigenvalue weighted by Crippen LogP contribution is -2.36. The molecule has 0 bridgehead atoms. The molecule has 0 saturated carbocycles. The molecular weight excluding hydrogens is 392 g/mol. The number of aromatic nitrogens is 1. The fraction of sp³-hybridized carbons (Fsp3) is 0.118. The lowest BCUT2D eigenvalue weighted by molar-refractivity contribution is 0.0517. The molecule has 1 aromatic carbocycles. The number of ether oxygens (including phenoxy) is 1. The molecule has 3 amide bonds. The van der Waals surface area contributed by atoms with Gasteiger partial charge in [-0.2, -0.15) is 0 Å². The summed E-state index contributed by atoms with van der Waals surface area (Å²) < 4.78 is 5.21. The van der Waals surface area contributed by atoms with Gasteiger partial charge < -0.3 is 4.74 Å². The smallest absolute Gasteiger partial charge is 0.358 e. The summed E-state index contributed by atoms with van der Waals surface area (Å²) in [7, 11) is 0. The quantitative estimate of drug-likeness (QED) is 0.578. The Morgan fingerprint density at radius 2 is 1.68 bits per heavy atom. The van der Waals surface area contributed by atoms with Crippen LogP contribution in [0.15, 0.2) is 40.9 Å². The number of carbonyl (C=O) groups excluding carboxylic acids is 4. The summed E-state index contributed by atoms with van der Waals surface area (Å²) >= 11 is 3.16. The highest BCUT2D eigenvalue weighted by atomic mass is 79.9. The zero-order valence-corrected chi connectivity index (χ0v) is 14.6. The Bertz CT molecular complexity index is 890. The summed E-state index contributed by atoms with van der Waals surface area (Å²) in [5.74, 6) is -3.04. The van der Waals surface area contributed by atoms with Crippen molar-refractivity contribution in [2.24, 2.45) is 0 Å². The van der Waals surface area contributed by atoms with Gasteiger partial charge in [0.25, 0.3) is 17.7 Å². The third-order valence-corrected chi connectivity index (χ3v) is 4.17. The molecule has 7 nitrogen and oxygen atoms in total. The molecular formula is C17H11BrN2O5. The van der Waals surface area contributed by atoms with Crippen LogP contribution in [0.5, 0.6) is 0 Å². The van der Waals surface area contributed by atoms with Gasteiger partial charge in [0.1, 0.15) is 5.69 Å². The molecule has 3 rings (SSSR count). The normalized spacial score (nSPS) is 13.0. The summed E-state index contributed by atoms with van der Waals surface area (Å²) in [5, 5.41) is 0. The van der Waals surface area contributed by atoms with E-state index >= 15 is 0 Å². The summed E-state index contributed by atoms with van der Waals surface area (Å²) in [5.41, 5.74) is -0.00257. The minimum absolute atomic E-state index is 0.107. The van der Waals surface area contributed by atoms with Crippen LogP contribution in [0.2, 0.25) is 0 Å². The van der Waals surface area contributed by atoms with E-state index in [9.17, 15) is 19.2 Å². The van der Waals surface area contributed by atoms with Crippen LogP contribution in [0.1, 0.15) is 48.6 Å². The van der Waals surface area contributed by atoms with Gasteiger partial charge in [-0.3, -0.25) is 14.4 Å². The van der Waals surface area contributed by atoms with Crippen molar-refractivity contribution in [1.82, 2.24) is 9.88 Å². The Balaban J connectivity index is 1.97. The van der Waals surface area contributed by atoms with Crippen LogP contribution >= 0.6 is 15.9 Å². The van der Waals surface area contributed by atoms with Gasteiger partial charge in [-0.15, -0.1) is 0 Å². The number of hydrogen-bond acceptors (Lipinski definition) is 6. The fourth-order valence-electron chi connectivity index (χ4n) is 2.39. The van der Waals surface area contributed by atoms with Crippen molar-refractivity contribution in [1.29, 1.82) is 0 Å². The van der Waals surface area contributed by atoms with E-state index in [0.29, 0.717) is 9.37 Å². The molecule has 2 heterocycles. The maximum Gasteiger partial charge on any atom is 0.358 e. The number of nitrogens with zero attached hydrogens (tertiary/aromatic N) is 2. The highest BCUT2D eigenvalue weighted by molar-refractivity contribution is 9.10. The van der Waals surface area contributed by atoms with E-state index in [2.05, 4.69) is 20.9 Å². The first-order valence-electron chi connectivity index (χ1n) is 7.31. The zero-order valence-electron chi connectivity index (χ0n) is 13.0. The molecule has 25 heavy (non-hydrogen) atoms. The third-order valence-electron chi connectivity index (χ3n) is 3.53. The number of pyridine rings is 1. The predicted octanol–water partition coefficient (Wildman–Crippen LogP) is 2.46. The van der Waals surface area contributed by atoms with Gasteiger partial charge in [-0.1, -0.05) is 12.1 Å². The van der Waals surface area contributed by atoms with E-state index in [4.69, 9.17) is 4.74 Å². The Morgan fingerprint density at radius 3 is 2.24 bits per heavy atom. The van der Waals surface area contributed by atoms with Crippen LogP contribution in [-0.2, 0) is 4.74 Å². The molecule has 0 aliphatic carbocycles. The van der Waals surface area contributed by atoms with Gasteiger partial charge >= 0.3 is 5.97 Å². The standard InChI is InChI=1S/C17H11BrN2O5/c1-2-25-17(24)13-11(18)7-8-12(19-13)16(23)20-14(21)9-5-3-4-6-10(9)15(20)22/h3-8H,2H2,1H3. The van der Waals surface area contributed by atoms with E-state index in [0.717, 1.165) is 0 Å². The average Bonchev–Trinajstić information content (AvgIpc) is 2.86. The maximum atomic E-state index is 12.6. The monoisotopic (exact) mass is 402 g/mol. The highest BCUT2D eigenvalue weighted by Gasteiger charge is 2.40. The van der Waals surface area contributed by atoms with Crippen molar-refractivity contribution in [2.75, 3.05) is 6.61 Å². The molecule has 0 saturated heterocycles. The number of fused-ring (bicyclic) bond motifs is 1. The van der Waals surface area contributed by atoms with Crippen LogP contribution < -0.4 is 0 Å².